The van der Waals surface area contributed by atoms with Gasteiger partial charge in [0.2, 0.25) is 0 Å². The molecular weight excluding hydrogens is 190 g/mol. The van der Waals surface area contributed by atoms with Crippen LogP contribution in [0.4, 0.5) is 0 Å². The Labute approximate surface area is 77.1 Å². The Balaban J connectivity index is 2.44. The number of thiazole rings is 1. The summed E-state index contributed by atoms with van der Waals surface area (Å²) in [5, 5.41) is 9.05. The molecule has 0 aliphatic carbocycles. The largest absolute Gasteiger partial charge is 0.481 e. The molecule has 5 nitrogen and oxygen atoms in total. The minimum Gasteiger partial charge on any atom is -0.481 e. The van der Waals surface area contributed by atoms with E-state index in [0.717, 1.165) is 0 Å². The second kappa shape index (κ2) is 3.06. The van der Waals surface area contributed by atoms with Crippen LogP contribution in [0.5, 0.6) is 0 Å². The molecule has 0 radical (unpaired) electrons. The van der Waals surface area contributed by atoms with Gasteiger partial charge in [0.1, 0.15) is 5.01 Å². The van der Waals surface area contributed by atoms with Gasteiger partial charge in [-0.1, -0.05) is 11.3 Å². The van der Waals surface area contributed by atoms with Crippen molar-refractivity contribution in [1.29, 1.82) is 0 Å². The Kier molecular flexibility index (Phi) is 1.90. The van der Waals surface area contributed by atoms with Crippen LogP contribution in [0.3, 0.4) is 0 Å². The molecule has 2 aromatic rings. The molecular formula is C7H5N3O2S. The van der Waals surface area contributed by atoms with Crippen LogP contribution in [0.15, 0.2) is 12.4 Å². The summed E-state index contributed by atoms with van der Waals surface area (Å²) in [6, 6.07) is 0. The molecule has 0 unspecified atom stereocenters. The third-order valence-electron chi connectivity index (χ3n) is 1.39. The molecule has 66 valence electrons. The van der Waals surface area contributed by atoms with Gasteiger partial charge in [0.15, 0.2) is 10.5 Å². The van der Waals surface area contributed by atoms with Gasteiger partial charge in [-0.3, -0.25) is 4.79 Å². The third-order valence-corrected chi connectivity index (χ3v) is 2.35. The molecule has 0 spiro atoms. The molecule has 2 aromatic heterocycles. The van der Waals surface area contributed by atoms with Gasteiger partial charge in [0, 0.05) is 12.4 Å². The first-order valence-electron chi connectivity index (χ1n) is 3.54. The summed E-state index contributed by atoms with van der Waals surface area (Å²) in [5.74, 6) is -0.890. The van der Waals surface area contributed by atoms with Crippen molar-refractivity contribution in [3.05, 3.63) is 17.4 Å². The van der Waals surface area contributed by atoms with Gasteiger partial charge in [0.25, 0.3) is 0 Å². The highest BCUT2D eigenvalue weighted by Crippen LogP contribution is 2.17. The maximum atomic E-state index is 10.4. The molecule has 0 saturated carbocycles. The fourth-order valence-electron chi connectivity index (χ4n) is 0.924. The van der Waals surface area contributed by atoms with Crippen molar-refractivity contribution in [3.63, 3.8) is 0 Å². The molecule has 2 rings (SSSR count). The van der Waals surface area contributed by atoms with E-state index in [9.17, 15) is 4.79 Å². The second-order valence-corrected chi connectivity index (χ2v) is 3.43. The van der Waals surface area contributed by atoms with E-state index in [2.05, 4.69) is 15.0 Å². The Bertz CT molecular complexity index is 421. The summed E-state index contributed by atoms with van der Waals surface area (Å²) in [5.41, 5.74) is 0.517. The summed E-state index contributed by atoms with van der Waals surface area (Å²) in [6.07, 6.45) is 3.03. The lowest BCUT2D eigenvalue weighted by molar-refractivity contribution is -0.136. The first kappa shape index (κ1) is 8.06. The minimum absolute atomic E-state index is 0.0668. The number of hydrogen-bond donors (Lipinski definition) is 1. The van der Waals surface area contributed by atoms with E-state index in [1.54, 1.807) is 6.20 Å². The fraction of sp³-hybridized carbons (Fsp3) is 0.143. The zero-order valence-electron chi connectivity index (χ0n) is 6.47. The van der Waals surface area contributed by atoms with Gasteiger partial charge in [-0.25, -0.2) is 15.0 Å². The molecule has 0 aliphatic heterocycles. The lowest BCUT2D eigenvalue weighted by Gasteiger charge is -1.83. The van der Waals surface area contributed by atoms with Gasteiger partial charge in [-0.05, 0) is 0 Å². The molecule has 0 aliphatic rings. The van der Waals surface area contributed by atoms with E-state index in [4.69, 9.17) is 5.11 Å². The molecule has 6 heteroatoms. The third kappa shape index (κ3) is 1.62. The normalized spacial score (nSPS) is 10.5. The maximum absolute atomic E-state index is 10.4. The maximum Gasteiger partial charge on any atom is 0.310 e. The van der Waals surface area contributed by atoms with Crippen LogP contribution in [-0.4, -0.2) is 26.0 Å². The van der Waals surface area contributed by atoms with Crippen LogP contribution < -0.4 is 0 Å². The summed E-state index contributed by atoms with van der Waals surface area (Å²) in [7, 11) is 0. The van der Waals surface area contributed by atoms with E-state index < -0.39 is 5.97 Å². The minimum atomic E-state index is -0.890. The summed E-state index contributed by atoms with van der Waals surface area (Å²) in [6.45, 7) is 0. The van der Waals surface area contributed by atoms with Crippen molar-refractivity contribution in [2.24, 2.45) is 0 Å². The van der Waals surface area contributed by atoms with E-state index in [0.29, 0.717) is 15.5 Å². The Morgan fingerprint density at radius 3 is 2.92 bits per heavy atom. The highest BCUT2D eigenvalue weighted by atomic mass is 32.1. The summed E-state index contributed by atoms with van der Waals surface area (Å²) >= 11 is 1.26. The highest BCUT2D eigenvalue weighted by molar-refractivity contribution is 7.18. The fourth-order valence-corrected chi connectivity index (χ4v) is 1.78. The number of rotatable bonds is 2. The molecule has 0 amide bonds. The second-order valence-electron chi connectivity index (χ2n) is 2.36. The number of carbonyl (C=O) groups is 1. The lowest BCUT2D eigenvalue weighted by Crippen LogP contribution is -1.98. The van der Waals surface area contributed by atoms with Crippen molar-refractivity contribution < 1.29 is 9.90 Å². The van der Waals surface area contributed by atoms with E-state index in [1.165, 1.54) is 17.5 Å². The number of fused-ring (bicyclic) bond motifs is 1. The van der Waals surface area contributed by atoms with Crippen LogP contribution in [0.2, 0.25) is 0 Å². The Morgan fingerprint density at radius 2 is 2.23 bits per heavy atom. The van der Waals surface area contributed by atoms with E-state index >= 15 is 0 Å². The Morgan fingerprint density at radius 1 is 1.46 bits per heavy atom. The molecule has 0 atom stereocenters. The molecule has 1 N–H and O–H groups in total. The van der Waals surface area contributed by atoms with Gasteiger partial charge < -0.3 is 5.11 Å². The summed E-state index contributed by atoms with van der Waals surface area (Å²) in [4.78, 5) is 23.0. The lowest BCUT2D eigenvalue weighted by atomic mass is 10.5. The van der Waals surface area contributed by atoms with Crippen molar-refractivity contribution >= 4 is 27.8 Å². The molecule has 0 aromatic carbocycles. The van der Waals surface area contributed by atoms with E-state index in [1.807, 2.05) is 0 Å². The van der Waals surface area contributed by atoms with E-state index in [-0.39, 0.29) is 6.42 Å². The highest BCUT2D eigenvalue weighted by Gasteiger charge is 2.08. The first-order chi connectivity index (χ1) is 6.25. The van der Waals surface area contributed by atoms with Gasteiger partial charge in [0.05, 0.1) is 6.42 Å². The smallest absolute Gasteiger partial charge is 0.310 e. The predicted octanol–water partition coefficient (Wildman–Crippen LogP) is 0.713. The first-order valence-corrected chi connectivity index (χ1v) is 4.35. The van der Waals surface area contributed by atoms with Crippen molar-refractivity contribution in [2.45, 2.75) is 6.42 Å². The number of carboxylic acids is 1. The van der Waals surface area contributed by atoms with Crippen molar-refractivity contribution in [2.75, 3.05) is 0 Å². The topological polar surface area (TPSA) is 76.0 Å². The number of hydrogen-bond acceptors (Lipinski definition) is 5. The van der Waals surface area contributed by atoms with Crippen LogP contribution >= 0.6 is 11.3 Å². The van der Waals surface area contributed by atoms with Gasteiger partial charge >= 0.3 is 5.97 Å². The number of aromatic nitrogens is 3. The van der Waals surface area contributed by atoms with Gasteiger partial charge in [-0.2, -0.15) is 0 Å². The number of carboxylic acid groups (broad SMARTS) is 1. The quantitative estimate of drug-likeness (QED) is 0.763. The van der Waals surface area contributed by atoms with Crippen LogP contribution in [0.25, 0.3) is 10.5 Å². The zero-order chi connectivity index (χ0) is 9.26. The van der Waals surface area contributed by atoms with Gasteiger partial charge in [-0.15, -0.1) is 0 Å². The summed E-state index contributed by atoms with van der Waals surface area (Å²) < 4.78 is 0. The molecule has 2 heterocycles. The average Bonchev–Trinajstić information content (AvgIpc) is 2.44. The van der Waals surface area contributed by atoms with Crippen LogP contribution in [-0.2, 0) is 11.2 Å². The molecule has 0 bridgehead atoms. The monoisotopic (exact) mass is 195 g/mol. The average molecular weight is 195 g/mol. The van der Waals surface area contributed by atoms with Crippen LogP contribution in [0.1, 0.15) is 5.01 Å². The SMILES string of the molecule is O=C(O)Cc1nc2nccnc2s1. The predicted molar refractivity (Wildman–Crippen MR) is 46.5 cm³/mol. The Hall–Kier alpha value is -1.56. The molecule has 13 heavy (non-hydrogen) atoms. The number of aliphatic carboxylic acids is 1. The van der Waals surface area contributed by atoms with Crippen molar-refractivity contribution in [1.82, 2.24) is 15.0 Å². The number of nitrogens with zero attached hydrogens (tertiary/aromatic N) is 3. The van der Waals surface area contributed by atoms with Crippen LogP contribution in [0, 0.1) is 0 Å². The molecule has 0 fully saturated rings. The standard InChI is InChI=1S/C7H5N3O2S/c11-5(12)3-4-10-6-7(13-4)9-2-1-8-6/h1-2H,3H2,(H,11,12). The zero-order valence-corrected chi connectivity index (χ0v) is 7.28. The molecule has 0 saturated heterocycles. The van der Waals surface area contributed by atoms with Crippen molar-refractivity contribution in [3.8, 4) is 0 Å².